The van der Waals surface area contributed by atoms with Crippen LogP contribution in [0, 0.1) is 5.92 Å². The molecule has 0 unspecified atom stereocenters. The first kappa shape index (κ1) is 18.4. The van der Waals surface area contributed by atoms with Gasteiger partial charge in [-0.15, -0.1) is 0 Å². The fourth-order valence-electron chi connectivity index (χ4n) is 2.53. The number of aliphatic hydroxyl groups excluding tert-OH is 1. The van der Waals surface area contributed by atoms with E-state index in [1.807, 2.05) is 36.4 Å². The van der Waals surface area contributed by atoms with E-state index in [4.69, 9.17) is 0 Å². The first-order valence-corrected chi connectivity index (χ1v) is 7.37. The van der Waals surface area contributed by atoms with E-state index in [2.05, 4.69) is 55.5 Å². The Bertz CT molecular complexity index is 552. The fourth-order valence-corrected chi connectivity index (χ4v) is 2.53. The Morgan fingerprint density at radius 3 is 2.05 bits per heavy atom. The Kier molecular flexibility index (Phi) is 8.54. The van der Waals surface area contributed by atoms with Crippen LogP contribution in [0.4, 0.5) is 0 Å². The Hall–Kier alpha value is -1.60. The van der Waals surface area contributed by atoms with Crippen molar-refractivity contribution in [2.75, 3.05) is 6.61 Å². The number of hydrogen-bond acceptors (Lipinski definition) is 1. The van der Waals surface area contributed by atoms with Crippen LogP contribution >= 0.6 is 0 Å². The van der Waals surface area contributed by atoms with Crippen LogP contribution in [0.25, 0.3) is 0 Å². The monoisotopic (exact) mass is 334 g/mol. The predicted octanol–water partition coefficient (Wildman–Crippen LogP) is 4.57. The summed E-state index contributed by atoms with van der Waals surface area (Å²) in [6.45, 7) is 2.30. The smallest absolute Gasteiger partial charge is 0.396 e. The van der Waals surface area contributed by atoms with Crippen LogP contribution < -0.4 is 0 Å². The molecular formula is C20H22FeO. The molecule has 0 aliphatic carbocycles. The molecule has 3 aromatic rings. The quantitative estimate of drug-likeness (QED) is 0.547. The molecule has 0 heterocycles. The van der Waals surface area contributed by atoms with Gasteiger partial charge >= 0.3 is 17.1 Å². The first-order chi connectivity index (χ1) is 10.3. The van der Waals surface area contributed by atoms with Gasteiger partial charge in [-0.25, -0.2) is 24.3 Å². The van der Waals surface area contributed by atoms with Crippen molar-refractivity contribution < 1.29 is 22.2 Å². The summed E-state index contributed by atoms with van der Waals surface area (Å²) >= 11 is 0. The summed E-state index contributed by atoms with van der Waals surface area (Å²) in [6.07, 6.45) is 0. The minimum Gasteiger partial charge on any atom is -0.396 e. The van der Waals surface area contributed by atoms with Crippen LogP contribution in [0.15, 0.2) is 84.9 Å². The van der Waals surface area contributed by atoms with Gasteiger partial charge in [0.25, 0.3) is 0 Å². The number of aliphatic hydroxyl groups is 1. The van der Waals surface area contributed by atoms with Crippen molar-refractivity contribution in [2.45, 2.75) is 12.8 Å². The van der Waals surface area contributed by atoms with E-state index in [0.717, 1.165) is 0 Å². The van der Waals surface area contributed by atoms with Crippen molar-refractivity contribution in [3.63, 3.8) is 0 Å². The van der Waals surface area contributed by atoms with Gasteiger partial charge in [-0.05, 0) is 17.4 Å². The van der Waals surface area contributed by atoms with Crippen LogP contribution in [-0.4, -0.2) is 11.7 Å². The molecule has 3 aromatic carbocycles. The third-order valence-electron chi connectivity index (χ3n) is 3.62. The minimum atomic E-state index is 0. The molecule has 0 spiro atoms. The van der Waals surface area contributed by atoms with E-state index in [0.29, 0.717) is 5.92 Å². The average molecular weight is 334 g/mol. The Balaban J connectivity index is 0.000000344. The van der Waals surface area contributed by atoms with Gasteiger partial charge in [0.1, 0.15) is 0 Å². The Morgan fingerprint density at radius 2 is 1.59 bits per heavy atom. The molecule has 116 valence electrons. The summed E-state index contributed by atoms with van der Waals surface area (Å²) in [6, 6.07) is 28.7. The number of rotatable bonds is 4. The molecule has 0 saturated carbocycles. The SMILES string of the molecule is C[C@@H](CO)[C@@H](c1ccccc1)c1ccc[cH-]1.[Fe+2].c1cc[cH-]c1. The summed E-state index contributed by atoms with van der Waals surface area (Å²) in [7, 11) is 0. The van der Waals surface area contributed by atoms with E-state index < -0.39 is 0 Å². The molecule has 1 N–H and O–H groups in total. The Labute approximate surface area is 143 Å². The van der Waals surface area contributed by atoms with Crippen molar-refractivity contribution >= 4 is 0 Å². The molecule has 3 rings (SSSR count). The van der Waals surface area contributed by atoms with Gasteiger partial charge in [0.2, 0.25) is 0 Å². The summed E-state index contributed by atoms with van der Waals surface area (Å²) in [5, 5.41) is 9.37. The van der Waals surface area contributed by atoms with Crippen LogP contribution in [0.3, 0.4) is 0 Å². The zero-order valence-corrected chi connectivity index (χ0v) is 13.8. The topological polar surface area (TPSA) is 20.2 Å². The van der Waals surface area contributed by atoms with E-state index >= 15 is 0 Å². The van der Waals surface area contributed by atoms with E-state index in [1.54, 1.807) is 0 Å². The molecule has 0 amide bonds. The minimum absolute atomic E-state index is 0. The van der Waals surface area contributed by atoms with Crippen molar-refractivity contribution in [1.82, 2.24) is 0 Å². The number of hydrogen-bond donors (Lipinski definition) is 1. The molecule has 1 nitrogen and oxygen atoms in total. The second kappa shape index (κ2) is 10.2. The Morgan fingerprint density at radius 1 is 0.909 bits per heavy atom. The van der Waals surface area contributed by atoms with Crippen molar-refractivity contribution in [3.8, 4) is 0 Å². The van der Waals surface area contributed by atoms with E-state index in [-0.39, 0.29) is 29.6 Å². The van der Waals surface area contributed by atoms with Crippen LogP contribution in [0.5, 0.6) is 0 Å². The summed E-state index contributed by atoms with van der Waals surface area (Å²) in [4.78, 5) is 0. The molecule has 2 heteroatoms. The molecule has 0 saturated heterocycles. The molecule has 2 atom stereocenters. The third-order valence-corrected chi connectivity index (χ3v) is 3.62. The van der Waals surface area contributed by atoms with E-state index in [1.165, 1.54) is 11.1 Å². The van der Waals surface area contributed by atoms with Crippen LogP contribution in [0.2, 0.25) is 0 Å². The third kappa shape index (κ3) is 5.31. The van der Waals surface area contributed by atoms with Gasteiger partial charge in [-0.1, -0.05) is 37.3 Å². The largest absolute Gasteiger partial charge is 2.00 e. The maximum absolute atomic E-state index is 9.37. The van der Waals surface area contributed by atoms with Gasteiger partial charge in [0.15, 0.2) is 0 Å². The molecule has 0 aliphatic rings. The van der Waals surface area contributed by atoms with Gasteiger partial charge < -0.3 is 5.11 Å². The van der Waals surface area contributed by atoms with Gasteiger partial charge in [-0.3, -0.25) is 0 Å². The molecule has 22 heavy (non-hydrogen) atoms. The molecular weight excluding hydrogens is 312 g/mol. The fraction of sp³-hybridized carbons (Fsp3) is 0.200. The first-order valence-electron chi connectivity index (χ1n) is 7.37. The summed E-state index contributed by atoms with van der Waals surface area (Å²) in [5.41, 5.74) is 2.56. The van der Waals surface area contributed by atoms with Crippen molar-refractivity contribution in [3.05, 3.63) is 96.1 Å². The van der Waals surface area contributed by atoms with Gasteiger partial charge in [0.05, 0.1) is 0 Å². The molecule has 0 bridgehead atoms. The van der Waals surface area contributed by atoms with E-state index in [9.17, 15) is 5.11 Å². The zero-order valence-electron chi connectivity index (χ0n) is 12.7. The second-order valence-electron chi connectivity index (χ2n) is 5.23. The molecule has 0 aromatic heterocycles. The standard InChI is InChI=1S/C15H17O.C5H5.Fe/c1-12(11-16)15(14-9-5-6-10-14)13-7-3-2-4-8-13;1-2-4-5-3-1;/h2-10,12,15-16H,11H2,1H3;1-5H;/q2*-1;+2/t12-,15-;;/m0../s1. The predicted molar refractivity (Wildman–Crippen MR) is 88.6 cm³/mol. The van der Waals surface area contributed by atoms with Crippen LogP contribution in [0.1, 0.15) is 24.0 Å². The second-order valence-corrected chi connectivity index (χ2v) is 5.23. The molecule has 0 radical (unpaired) electrons. The molecule has 0 fully saturated rings. The van der Waals surface area contributed by atoms with Gasteiger partial charge in [-0.2, -0.15) is 35.9 Å². The molecule has 0 aliphatic heterocycles. The maximum Gasteiger partial charge on any atom is 2.00 e. The number of benzene rings is 1. The van der Waals surface area contributed by atoms with Crippen molar-refractivity contribution in [2.24, 2.45) is 5.92 Å². The summed E-state index contributed by atoms with van der Waals surface area (Å²) in [5.74, 6) is 0.533. The van der Waals surface area contributed by atoms with Crippen LogP contribution in [-0.2, 0) is 17.1 Å². The average Bonchev–Trinajstić information content (AvgIpc) is 3.24. The summed E-state index contributed by atoms with van der Waals surface area (Å²) < 4.78 is 0. The zero-order chi connectivity index (χ0) is 14.9. The normalized spacial score (nSPS) is 12.5. The van der Waals surface area contributed by atoms with Gasteiger partial charge in [0, 0.05) is 6.61 Å². The van der Waals surface area contributed by atoms with Crippen molar-refractivity contribution in [1.29, 1.82) is 0 Å². The maximum atomic E-state index is 9.37.